The van der Waals surface area contributed by atoms with Gasteiger partial charge < -0.3 is 4.74 Å². The standard InChI is InChI=1S/C28H24N2OP/c1-31-27-20-29-26-19-11-12-22(28(26)30-27)21-32(23-13-5-2-6-14-23,24-15-7-3-8-16-24)25-17-9-4-10-18-25/h2-20H,21H2,1H3/q+1. The van der Waals surface area contributed by atoms with Crippen molar-refractivity contribution in [3.05, 3.63) is 121 Å². The van der Waals surface area contributed by atoms with Gasteiger partial charge in [-0.3, -0.25) is 0 Å². The van der Waals surface area contributed by atoms with Crippen molar-refractivity contribution in [2.45, 2.75) is 6.16 Å². The molecule has 0 bridgehead atoms. The van der Waals surface area contributed by atoms with Crippen LogP contribution in [0.5, 0.6) is 5.88 Å². The maximum Gasteiger partial charge on any atom is 0.232 e. The molecule has 0 radical (unpaired) electrons. The number of hydrogen-bond donors (Lipinski definition) is 0. The van der Waals surface area contributed by atoms with Crippen LogP contribution < -0.4 is 20.7 Å². The first kappa shape index (κ1) is 20.4. The van der Waals surface area contributed by atoms with Gasteiger partial charge in [-0.2, -0.15) is 0 Å². The van der Waals surface area contributed by atoms with Crippen molar-refractivity contribution in [2.24, 2.45) is 0 Å². The summed E-state index contributed by atoms with van der Waals surface area (Å²) < 4.78 is 5.40. The summed E-state index contributed by atoms with van der Waals surface area (Å²) >= 11 is 0. The van der Waals surface area contributed by atoms with Crippen molar-refractivity contribution < 1.29 is 4.74 Å². The highest BCUT2D eigenvalue weighted by molar-refractivity contribution is 7.95. The SMILES string of the molecule is COc1cnc2cccc(C[P+](c3ccccc3)(c3ccccc3)c3ccccc3)c2n1. The summed E-state index contributed by atoms with van der Waals surface area (Å²) in [5, 5.41) is 4.06. The van der Waals surface area contributed by atoms with E-state index in [-0.39, 0.29) is 0 Å². The Kier molecular flexibility index (Phi) is 5.66. The first-order valence-corrected chi connectivity index (χ1v) is 12.6. The molecule has 32 heavy (non-hydrogen) atoms. The fraction of sp³-hybridized carbons (Fsp3) is 0.0714. The number of hydrogen-bond acceptors (Lipinski definition) is 3. The van der Waals surface area contributed by atoms with E-state index in [1.54, 1.807) is 13.3 Å². The number of para-hydroxylation sites is 1. The molecule has 0 saturated heterocycles. The molecule has 4 heteroatoms. The Balaban J connectivity index is 1.81. The molecule has 1 heterocycles. The van der Waals surface area contributed by atoms with Gasteiger partial charge in [0.15, 0.2) is 0 Å². The van der Waals surface area contributed by atoms with Crippen molar-refractivity contribution >= 4 is 34.2 Å². The minimum absolute atomic E-state index is 0.535. The van der Waals surface area contributed by atoms with Gasteiger partial charge >= 0.3 is 0 Å². The molecule has 0 fully saturated rings. The average Bonchev–Trinajstić information content (AvgIpc) is 2.88. The van der Waals surface area contributed by atoms with Crippen LogP contribution in [-0.2, 0) is 6.16 Å². The molecule has 0 aliphatic carbocycles. The number of fused-ring (bicyclic) bond motifs is 1. The Labute approximate surface area is 189 Å². The van der Waals surface area contributed by atoms with Gasteiger partial charge in [-0.1, -0.05) is 66.7 Å². The van der Waals surface area contributed by atoms with Gasteiger partial charge in [0.2, 0.25) is 5.88 Å². The van der Waals surface area contributed by atoms with Gasteiger partial charge in [-0.25, -0.2) is 9.97 Å². The summed E-state index contributed by atoms with van der Waals surface area (Å²) in [6.07, 6.45) is 2.53. The molecule has 0 spiro atoms. The smallest absolute Gasteiger partial charge is 0.232 e. The summed E-state index contributed by atoms with van der Waals surface area (Å²) in [5.74, 6) is 0.535. The van der Waals surface area contributed by atoms with E-state index in [2.05, 4.69) is 108 Å². The summed E-state index contributed by atoms with van der Waals surface area (Å²) in [6.45, 7) is 0. The molecule has 0 saturated carbocycles. The first-order chi connectivity index (χ1) is 15.8. The third-order valence-electron chi connectivity index (χ3n) is 5.84. The molecule has 0 amide bonds. The molecule has 0 unspecified atom stereocenters. The number of benzene rings is 4. The lowest BCUT2D eigenvalue weighted by Gasteiger charge is -2.28. The quantitative estimate of drug-likeness (QED) is 0.347. The summed E-state index contributed by atoms with van der Waals surface area (Å²) in [5.41, 5.74) is 2.97. The Hall–Kier alpha value is -3.55. The topological polar surface area (TPSA) is 35.0 Å². The minimum atomic E-state index is -2.01. The van der Waals surface area contributed by atoms with E-state index in [9.17, 15) is 0 Å². The molecular formula is C28H24N2OP+. The second kappa shape index (κ2) is 8.90. The van der Waals surface area contributed by atoms with Crippen LogP contribution in [0.25, 0.3) is 11.0 Å². The van der Waals surface area contributed by atoms with E-state index in [0.717, 1.165) is 17.2 Å². The van der Waals surface area contributed by atoms with Crippen LogP contribution in [0.15, 0.2) is 115 Å². The lowest BCUT2D eigenvalue weighted by molar-refractivity contribution is 0.397. The van der Waals surface area contributed by atoms with Crippen LogP contribution in [0.3, 0.4) is 0 Å². The summed E-state index contributed by atoms with van der Waals surface area (Å²) in [4.78, 5) is 9.38. The maximum atomic E-state index is 5.40. The fourth-order valence-corrected chi connectivity index (χ4v) is 8.58. The predicted octanol–water partition coefficient (Wildman–Crippen LogP) is 5.13. The lowest BCUT2D eigenvalue weighted by Crippen LogP contribution is -2.32. The van der Waals surface area contributed by atoms with E-state index in [4.69, 9.17) is 9.72 Å². The Morgan fingerprint density at radius 2 is 1.19 bits per heavy atom. The Morgan fingerprint density at radius 3 is 1.69 bits per heavy atom. The second-order valence-electron chi connectivity index (χ2n) is 7.67. The highest BCUT2D eigenvalue weighted by Gasteiger charge is 2.45. The van der Waals surface area contributed by atoms with E-state index in [0.29, 0.717) is 5.88 Å². The molecule has 0 N–H and O–H groups in total. The Morgan fingerprint density at radius 1 is 0.656 bits per heavy atom. The molecule has 0 aliphatic heterocycles. The lowest BCUT2D eigenvalue weighted by atomic mass is 10.2. The molecule has 3 nitrogen and oxygen atoms in total. The van der Waals surface area contributed by atoms with E-state index >= 15 is 0 Å². The summed E-state index contributed by atoms with van der Waals surface area (Å²) in [6, 6.07) is 39.0. The number of aromatic nitrogens is 2. The monoisotopic (exact) mass is 435 g/mol. The zero-order chi connectivity index (χ0) is 21.8. The third kappa shape index (κ3) is 3.66. The van der Waals surface area contributed by atoms with Crippen LogP contribution in [0.2, 0.25) is 0 Å². The van der Waals surface area contributed by atoms with Crippen LogP contribution in [0, 0.1) is 0 Å². The number of ether oxygens (including phenoxy) is 1. The zero-order valence-corrected chi connectivity index (χ0v) is 18.8. The van der Waals surface area contributed by atoms with Crippen molar-refractivity contribution in [1.82, 2.24) is 9.97 Å². The highest BCUT2D eigenvalue weighted by atomic mass is 31.2. The van der Waals surface area contributed by atoms with E-state index in [1.807, 2.05) is 6.07 Å². The van der Waals surface area contributed by atoms with Gasteiger partial charge in [0.25, 0.3) is 0 Å². The largest absolute Gasteiger partial charge is 0.480 e. The maximum absolute atomic E-state index is 5.40. The van der Waals surface area contributed by atoms with Gasteiger partial charge in [0.05, 0.1) is 24.3 Å². The third-order valence-corrected chi connectivity index (χ3v) is 10.2. The molecule has 5 aromatic rings. The average molecular weight is 435 g/mol. The number of nitrogens with zero attached hydrogens (tertiary/aromatic N) is 2. The zero-order valence-electron chi connectivity index (χ0n) is 17.9. The van der Waals surface area contributed by atoms with Gasteiger partial charge in [0.1, 0.15) is 29.3 Å². The van der Waals surface area contributed by atoms with E-state index < -0.39 is 7.26 Å². The van der Waals surface area contributed by atoms with Gasteiger partial charge in [0, 0.05) is 5.56 Å². The van der Waals surface area contributed by atoms with Crippen molar-refractivity contribution in [1.29, 1.82) is 0 Å². The molecule has 5 rings (SSSR count). The number of rotatable bonds is 6. The van der Waals surface area contributed by atoms with Crippen LogP contribution in [0.1, 0.15) is 5.56 Å². The molecule has 0 aliphatic rings. The van der Waals surface area contributed by atoms with Crippen molar-refractivity contribution in [3.8, 4) is 5.88 Å². The van der Waals surface area contributed by atoms with E-state index in [1.165, 1.54) is 21.5 Å². The first-order valence-electron chi connectivity index (χ1n) is 10.6. The molecule has 0 atom stereocenters. The molecular weight excluding hydrogens is 411 g/mol. The fourth-order valence-electron chi connectivity index (χ4n) is 4.32. The van der Waals surface area contributed by atoms with Crippen LogP contribution in [0.4, 0.5) is 0 Å². The van der Waals surface area contributed by atoms with Crippen LogP contribution in [-0.4, -0.2) is 17.1 Å². The highest BCUT2D eigenvalue weighted by Crippen LogP contribution is 2.58. The van der Waals surface area contributed by atoms with Crippen LogP contribution >= 0.6 is 7.26 Å². The normalized spacial score (nSPS) is 11.4. The predicted molar refractivity (Wildman–Crippen MR) is 135 cm³/mol. The van der Waals surface area contributed by atoms with Crippen molar-refractivity contribution in [2.75, 3.05) is 7.11 Å². The second-order valence-corrected chi connectivity index (χ2v) is 11.2. The Bertz CT molecular complexity index is 1230. The molecule has 4 aromatic carbocycles. The minimum Gasteiger partial charge on any atom is -0.480 e. The molecule has 1 aromatic heterocycles. The van der Waals surface area contributed by atoms with Gasteiger partial charge in [-0.05, 0) is 42.5 Å². The van der Waals surface area contributed by atoms with Crippen molar-refractivity contribution in [3.63, 3.8) is 0 Å². The number of methoxy groups -OCH3 is 1. The van der Waals surface area contributed by atoms with Gasteiger partial charge in [-0.15, -0.1) is 0 Å². The summed E-state index contributed by atoms with van der Waals surface area (Å²) in [7, 11) is -0.379. The molecule has 156 valence electrons.